The van der Waals surface area contributed by atoms with E-state index < -0.39 is 21.2 Å². The first-order valence-electron chi connectivity index (χ1n) is 5.71. The van der Waals surface area contributed by atoms with Crippen LogP contribution >= 0.6 is 0 Å². The van der Waals surface area contributed by atoms with E-state index in [0.717, 1.165) is 0 Å². The van der Waals surface area contributed by atoms with E-state index in [0.29, 0.717) is 0 Å². The summed E-state index contributed by atoms with van der Waals surface area (Å²) in [6, 6.07) is 3.77. The molecule has 0 aliphatic carbocycles. The monoisotopic (exact) mass is 286 g/mol. The van der Waals surface area contributed by atoms with E-state index in [1.165, 1.54) is 25.3 Å². The second kappa shape index (κ2) is 5.21. The zero-order valence-corrected chi connectivity index (χ0v) is 12.2. The molecule has 0 aliphatic heterocycles. The number of aromatic carboxylic acids is 1. The normalized spacial score (nSPS) is 12.2. The molecule has 0 saturated heterocycles. The Kier molecular flexibility index (Phi) is 4.25. The molecule has 6 heteroatoms. The van der Waals surface area contributed by atoms with Gasteiger partial charge < -0.3 is 9.84 Å². The Bertz CT molecular complexity index is 582. The van der Waals surface area contributed by atoms with E-state index in [2.05, 4.69) is 0 Å². The largest absolute Gasteiger partial charge is 0.495 e. The van der Waals surface area contributed by atoms with Gasteiger partial charge in [-0.25, -0.2) is 13.2 Å². The summed E-state index contributed by atoms with van der Waals surface area (Å²) in [6.07, 6.45) is 0. The van der Waals surface area contributed by atoms with Gasteiger partial charge in [-0.1, -0.05) is 20.8 Å². The van der Waals surface area contributed by atoms with Crippen LogP contribution in [-0.2, 0) is 9.84 Å². The summed E-state index contributed by atoms with van der Waals surface area (Å²) in [5.41, 5.74) is -0.401. The van der Waals surface area contributed by atoms with Crippen LogP contribution in [0, 0.1) is 5.41 Å². The lowest BCUT2D eigenvalue weighted by Gasteiger charge is -2.19. The molecule has 0 heterocycles. The van der Waals surface area contributed by atoms with Crippen molar-refractivity contribution in [2.24, 2.45) is 5.41 Å². The number of hydrogen-bond donors (Lipinski definition) is 1. The quantitative estimate of drug-likeness (QED) is 0.917. The van der Waals surface area contributed by atoms with Crippen LogP contribution in [-0.4, -0.2) is 32.4 Å². The molecule has 1 aromatic rings. The maximum atomic E-state index is 12.3. The molecule has 1 N–H and O–H groups in total. The first kappa shape index (κ1) is 15.5. The fourth-order valence-electron chi connectivity index (χ4n) is 1.71. The number of sulfone groups is 1. The molecule has 0 radical (unpaired) electrons. The minimum atomic E-state index is -3.52. The summed E-state index contributed by atoms with van der Waals surface area (Å²) in [6.45, 7) is 5.47. The highest BCUT2D eigenvalue weighted by Gasteiger charge is 2.26. The Labute approximate surface area is 113 Å². The Morgan fingerprint density at radius 1 is 1.32 bits per heavy atom. The highest BCUT2D eigenvalue weighted by Crippen LogP contribution is 2.29. The van der Waals surface area contributed by atoms with Gasteiger partial charge in [0.25, 0.3) is 0 Å². The smallest absolute Gasteiger partial charge is 0.335 e. The number of rotatable bonds is 4. The second-order valence-corrected chi connectivity index (χ2v) is 7.45. The van der Waals surface area contributed by atoms with E-state index in [1.807, 2.05) is 20.8 Å². The SMILES string of the molecule is COc1cc(C(=O)O)ccc1S(=O)(=O)CC(C)(C)C. The van der Waals surface area contributed by atoms with E-state index in [4.69, 9.17) is 9.84 Å². The van der Waals surface area contributed by atoms with Crippen LogP contribution in [0.25, 0.3) is 0 Å². The van der Waals surface area contributed by atoms with Gasteiger partial charge in [0, 0.05) is 0 Å². The average Bonchev–Trinajstić information content (AvgIpc) is 2.24. The van der Waals surface area contributed by atoms with Crippen LogP contribution in [0.1, 0.15) is 31.1 Å². The summed E-state index contributed by atoms with van der Waals surface area (Å²) < 4.78 is 29.6. The van der Waals surface area contributed by atoms with Gasteiger partial charge in [0.2, 0.25) is 0 Å². The molecule has 0 amide bonds. The predicted molar refractivity (Wildman–Crippen MR) is 71.5 cm³/mol. The third-order valence-electron chi connectivity index (χ3n) is 2.37. The van der Waals surface area contributed by atoms with Gasteiger partial charge >= 0.3 is 5.97 Å². The lowest BCUT2D eigenvalue weighted by atomic mass is 10.0. The highest BCUT2D eigenvalue weighted by molar-refractivity contribution is 7.91. The number of carboxylic acid groups (broad SMARTS) is 1. The Hall–Kier alpha value is -1.56. The van der Waals surface area contributed by atoms with Crippen molar-refractivity contribution in [2.75, 3.05) is 12.9 Å². The van der Waals surface area contributed by atoms with Crippen molar-refractivity contribution in [2.45, 2.75) is 25.7 Å². The molecule has 0 saturated carbocycles. The fraction of sp³-hybridized carbons (Fsp3) is 0.462. The number of ether oxygens (including phenoxy) is 1. The topological polar surface area (TPSA) is 80.7 Å². The van der Waals surface area contributed by atoms with Crippen molar-refractivity contribution in [1.29, 1.82) is 0 Å². The van der Waals surface area contributed by atoms with Crippen LogP contribution in [0.4, 0.5) is 0 Å². The van der Waals surface area contributed by atoms with E-state index in [-0.39, 0.29) is 22.0 Å². The Morgan fingerprint density at radius 3 is 2.32 bits per heavy atom. The molecule has 106 valence electrons. The van der Waals surface area contributed by atoms with E-state index in [9.17, 15) is 13.2 Å². The van der Waals surface area contributed by atoms with Crippen molar-refractivity contribution in [3.63, 3.8) is 0 Å². The molecule has 0 aliphatic rings. The van der Waals surface area contributed by atoms with E-state index in [1.54, 1.807) is 0 Å². The molecule has 0 aromatic heterocycles. The molecule has 1 aromatic carbocycles. The van der Waals surface area contributed by atoms with Crippen LogP contribution in [0.3, 0.4) is 0 Å². The number of benzene rings is 1. The molecular weight excluding hydrogens is 268 g/mol. The lowest BCUT2D eigenvalue weighted by Crippen LogP contribution is -2.21. The lowest BCUT2D eigenvalue weighted by molar-refractivity contribution is 0.0696. The van der Waals surface area contributed by atoms with Gasteiger partial charge in [-0.3, -0.25) is 0 Å². The highest BCUT2D eigenvalue weighted by atomic mass is 32.2. The average molecular weight is 286 g/mol. The van der Waals surface area contributed by atoms with Crippen molar-refractivity contribution >= 4 is 15.8 Å². The van der Waals surface area contributed by atoms with Gasteiger partial charge in [-0.05, 0) is 23.6 Å². The number of methoxy groups -OCH3 is 1. The molecule has 0 spiro atoms. The first-order chi connectivity index (χ1) is 8.57. The van der Waals surface area contributed by atoms with Gasteiger partial charge in [0.05, 0.1) is 18.4 Å². The second-order valence-electron chi connectivity index (χ2n) is 5.49. The maximum absolute atomic E-state index is 12.3. The van der Waals surface area contributed by atoms with Gasteiger partial charge in [0.15, 0.2) is 9.84 Å². The molecule has 0 bridgehead atoms. The summed E-state index contributed by atoms with van der Waals surface area (Å²) >= 11 is 0. The third kappa shape index (κ3) is 3.96. The predicted octanol–water partition coefficient (Wildman–Crippen LogP) is 2.21. The summed E-state index contributed by atoms with van der Waals surface area (Å²) in [5.74, 6) is -1.11. The minimum Gasteiger partial charge on any atom is -0.495 e. The molecule has 0 fully saturated rings. The van der Waals surface area contributed by atoms with Crippen molar-refractivity contribution in [3.05, 3.63) is 23.8 Å². The minimum absolute atomic E-state index is 0.00782. The van der Waals surface area contributed by atoms with Crippen molar-refractivity contribution < 1.29 is 23.1 Å². The number of hydrogen-bond acceptors (Lipinski definition) is 4. The maximum Gasteiger partial charge on any atom is 0.335 e. The standard InChI is InChI=1S/C13H18O5S/c1-13(2,3)8-19(16,17)11-6-5-9(12(14)15)7-10(11)18-4/h5-7H,8H2,1-4H3,(H,14,15). The summed E-state index contributed by atoms with van der Waals surface area (Å²) in [5, 5.41) is 8.88. The molecular formula is C13H18O5S. The van der Waals surface area contributed by atoms with Crippen LogP contribution < -0.4 is 4.74 Å². The van der Waals surface area contributed by atoms with Gasteiger partial charge in [0.1, 0.15) is 10.6 Å². The molecule has 5 nitrogen and oxygen atoms in total. The van der Waals surface area contributed by atoms with Crippen molar-refractivity contribution in [3.8, 4) is 5.75 Å². The molecule has 19 heavy (non-hydrogen) atoms. The molecule has 0 atom stereocenters. The molecule has 0 unspecified atom stereocenters. The van der Waals surface area contributed by atoms with Crippen LogP contribution in [0.15, 0.2) is 23.1 Å². The van der Waals surface area contributed by atoms with E-state index >= 15 is 0 Å². The van der Waals surface area contributed by atoms with Gasteiger partial charge in [-0.15, -0.1) is 0 Å². The van der Waals surface area contributed by atoms with Crippen LogP contribution in [0.2, 0.25) is 0 Å². The summed E-state index contributed by atoms with van der Waals surface area (Å²) in [4.78, 5) is 10.9. The molecule has 1 rings (SSSR count). The van der Waals surface area contributed by atoms with Crippen molar-refractivity contribution in [1.82, 2.24) is 0 Å². The first-order valence-corrected chi connectivity index (χ1v) is 7.36. The Balaban J connectivity index is 3.31. The zero-order chi connectivity index (χ0) is 14.8. The number of carboxylic acids is 1. The van der Waals surface area contributed by atoms with Crippen LogP contribution in [0.5, 0.6) is 5.75 Å². The van der Waals surface area contributed by atoms with Gasteiger partial charge in [-0.2, -0.15) is 0 Å². The zero-order valence-electron chi connectivity index (χ0n) is 11.4. The Morgan fingerprint density at radius 2 is 1.89 bits per heavy atom. The number of carbonyl (C=O) groups is 1. The fourth-order valence-corrected chi connectivity index (χ4v) is 3.73. The summed E-state index contributed by atoms with van der Waals surface area (Å²) in [7, 11) is -2.20. The third-order valence-corrected chi connectivity index (χ3v) is 4.62.